The van der Waals surface area contributed by atoms with E-state index in [1.54, 1.807) is 11.3 Å². The molecule has 1 saturated carbocycles. The molecule has 0 aliphatic heterocycles. The van der Waals surface area contributed by atoms with Gasteiger partial charge in [0.05, 0.1) is 10.1 Å². The van der Waals surface area contributed by atoms with Gasteiger partial charge < -0.3 is 5.32 Å². The smallest absolute Gasteiger partial charge is 0.233 e. The van der Waals surface area contributed by atoms with Crippen LogP contribution in [0.3, 0.4) is 0 Å². The van der Waals surface area contributed by atoms with E-state index in [0.29, 0.717) is 18.5 Å². The van der Waals surface area contributed by atoms with E-state index in [1.165, 1.54) is 11.8 Å². The Kier molecular flexibility index (Phi) is 5.06. The first-order valence-electron chi connectivity index (χ1n) is 7.99. The number of thioether (sulfide) groups is 1. The molecule has 0 spiro atoms. The molecule has 1 amide bonds. The average Bonchev–Trinajstić information content (AvgIpc) is 3.05. The fourth-order valence-corrected chi connectivity index (χ4v) is 3.90. The van der Waals surface area contributed by atoms with Gasteiger partial charge >= 0.3 is 0 Å². The second-order valence-corrected chi connectivity index (χ2v) is 8.54. The Hall–Kier alpha value is -1.34. The molecule has 1 atom stereocenters. The summed E-state index contributed by atoms with van der Waals surface area (Å²) >= 11 is 3.17. The van der Waals surface area contributed by atoms with Crippen LogP contribution in [0.1, 0.15) is 39.7 Å². The molecular formula is C16H22N4OS2. The maximum absolute atomic E-state index is 12.2. The van der Waals surface area contributed by atoms with Gasteiger partial charge in [-0.2, -0.15) is 0 Å². The summed E-state index contributed by atoms with van der Waals surface area (Å²) in [7, 11) is 0. The summed E-state index contributed by atoms with van der Waals surface area (Å²) in [6.07, 6.45) is 2.33. The molecule has 2 aromatic heterocycles. The quantitative estimate of drug-likeness (QED) is 0.775. The third-order valence-electron chi connectivity index (χ3n) is 3.65. The van der Waals surface area contributed by atoms with Crippen LogP contribution in [0.5, 0.6) is 0 Å². The molecule has 5 nitrogen and oxygen atoms in total. The van der Waals surface area contributed by atoms with E-state index >= 15 is 0 Å². The lowest BCUT2D eigenvalue weighted by Gasteiger charge is -2.14. The molecule has 1 unspecified atom stereocenters. The van der Waals surface area contributed by atoms with E-state index in [0.717, 1.165) is 28.7 Å². The first-order chi connectivity index (χ1) is 11.1. The highest BCUT2D eigenvalue weighted by Gasteiger charge is 2.31. The van der Waals surface area contributed by atoms with Gasteiger partial charge in [0.15, 0.2) is 11.0 Å². The summed E-state index contributed by atoms with van der Waals surface area (Å²) in [4.78, 5) is 13.3. The van der Waals surface area contributed by atoms with Crippen molar-refractivity contribution < 1.29 is 4.79 Å². The predicted octanol–water partition coefficient (Wildman–Crippen LogP) is 3.59. The molecule has 1 fully saturated rings. The lowest BCUT2D eigenvalue weighted by molar-refractivity contribution is -0.120. The maximum atomic E-state index is 12.2. The van der Waals surface area contributed by atoms with Gasteiger partial charge in [-0.1, -0.05) is 31.7 Å². The Balaban J connectivity index is 1.74. The van der Waals surface area contributed by atoms with E-state index in [9.17, 15) is 4.79 Å². The third kappa shape index (κ3) is 3.95. The van der Waals surface area contributed by atoms with Crippen molar-refractivity contribution in [3.63, 3.8) is 0 Å². The van der Waals surface area contributed by atoms with Crippen molar-refractivity contribution in [1.29, 1.82) is 0 Å². The van der Waals surface area contributed by atoms with Crippen LogP contribution in [0.25, 0.3) is 10.7 Å². The van der Waals surface area contributed by atoms with Crippen molar-refractivity contribution in [3.05, 3.63) is 17.5 Å². The maximum Gasteiger partial charge on any atom is 0.233 e. The van der Waals surface area contributed by atoms with Gasteiger partial charge in [-0.15, -0.1) is 21.5 Å². The Morgan fingerprint density at radius 1 is 1.43 bits per heavy atom. The number of rotatable bonds is 7. The second kappa shape index (κ2) is 7.05. The van der Waals surface area contributed by atoms with Crippen molar-refractivity contribution in [2.75, 3.05) is 6.54 Å². The largest absolute Gasteiger partial charge is 0.355 e. The normalized spacial score (nSPS) is 15.8. The number of nitrogens with zero attached hydrogens (tertiary/aromatic N) is 3. The Morgan fingerprint density at radius 2 is 2.22 bits per heavy atom. The number of hydrogen-bond donors (Lipinski definition) is 1. The molecule has 2 heterocycles. The van der Waals surface area contributed by atoms with Crippen LogP contribution in [-0.2, 0) is 4.79 Å². The van der Waals surface area contributed by atoms with E-state index in [4.69, 9.17) is 0 Å². The van der Waals surface area contributed by atoms with Crippen LogP contribution >= 0.6 is 23.1 Å². The molecule has 0 radical (unpaired) electrons. The summed E-state index contributed by atoms with van der Waals surface area (Å²) in [5, 5.41) is 14.4. The van der Waals surface area contributed by atoms with Gasteiger partial charge in [-0.3, -0.25) is 9.36 Å². The molecule has 1 aliphatic rings. The zero-order chi connectivity index (χ0) is 16.4. The van der Waals surface area contributed by atoms with E-state index in [1.807, 2.05) is 13.0 Å². The second-order valence-electron chi connectivity index (χ2n) is 6.28. The van der Waals surface area contributed by atoms with Gasteiger partial charge in [0.1, 0.15) is 0 Å². The molecule has 1 aliphatic carbocycles. The topological polar surface area (TPSA) is 59.8 Å². The summed E-state index contributed by atoms with van der Waals surface area (Å²) in [5.74, 6) is 1.45. The van der Waals surface area contributed by atoms with Crippen LogP contribution in [0.4, 0.5) is 0 Å². The number of carbonyl (C=O) groups is 1. The van der Waals surface area contributed by atoms with Crippen LogP contribution < -0.4 is 5.32 Å². The Bertz CT molecular complexity index is 662. The standard InChI is InChI=1S/C16H22N4OS2/c1-10(2)9-17-15(21)11(3)23-16-19-18-14(13-5-4-8-22-13)20(16)12-6-7-12/h4-5,8,10-12H,6-7,9H2,1-3H3,(H,17,21). The van der Waals surface area contributed by atoms with Crippen LogP contribution in [0.15, 0.2) is 22.7 Å². The van der Waals surface area contributed by atoms with Crippen molar-refractivity contribution >= 4 is 29.0 Å². The van der Waals surface area contributed by atoms with Crippen LogP contribution in [0.2, 0.25) is 0 Å². The Morgan fingerprint density at radius 3 is 2.83 bits per heavy atom. The first-order valence-corrected chi connectivity index (χ1v) is 9.75. The van der Waals surface area contributed by atoms with Crippen LogP contribution in [0, 0.1) is 5.92 Å². The number of amides is 1. The molecule has 1 N–H and O–H groups in total. The highest BCUT2D eigenvalue weighted by Crippen LogP contribution is 2.42. The van der Waals surface area contributed by atoms with Crippen molar-refractivity contribution in [3.8, 4) is 10.7 Å². The minimum atomic E-state index is -0.174. The molecule has 124 valence electrons. The lowest BCUT2D eigenvalue weighted by Crippen LogP contribution is -2.33. The fourth-order valence-electron chi connectivity index (χ4n) is 2.25. The lowest BCUT2D eigenvalue weighted by atomic mass is 10.2. The van der Waals surface area contributed by atoms with E-state index in [-0.39, 0.29) is 11.2 Å². The predicted molar refractivity (Wildman–Crippen MR) is 94.8 cm³/mol. The van der Waals surface area contributed by atoms with Gasteiger partial charge in [-0.25, -0.2) is 0 Å². The molecular weight excluding hydrogens is 328 g/mol. The molecule has 3 rings (SSSR count). The Labute approximate surface area is 144 Å². The molecule has 7 heteroatoms. The monoisotopic (exact) mass is 350 g/mol. The zero-order valence-corrected chi connectivity index (χ0v) is 15.3. The average molecular weight is 351 g/mol. The number of carbonyl (C=O) groups excluding carboxylic acids is 1. The van der Waals surface area contributed by atoms with Gasteiger partial charge in [0, 0.05) is 12.6 Å². The minimum absolute atomic E-state index is 0.0618. The molecule has 0 bridgehead atoms. The van der Waals surface area contributed by atoms with E-state index in [2.05, 4.69) is 45.4 Å². The number of hydrogen-bond acceptors (Lipinski definition) is 5. The highest BCUT2D eigenvalue weighted by atomic mass is 32.2. The molecule has 0 saturated heterocycles. The van der Waals surface area contributed by atoms with Gasteiger partial charge in [-0.05, 0) is 37.1 Å². The first kappa shape index (κ1) is 16.5. The molecule has 0 aromatic carbocycles. The summed E-state index contributed by atoms with van der Waals surface area (Å²) in [6, 6.07) is 4.58. The fraction of sp³-hybridized carbons (Fsp3) is 0.562. The minimum Gasteiger partial charge on any atom is -0.355 e. The van der Waals surface area contributed by atoms with Crippen molar-refractivity contribution in [2.24, 2.45) is 5.92 Å². The third-order valence-corrected chi connectivity index (χ3v) is 5.58. The summed E-state index contributed by atoms with van der Waals surface area (Å²) in [5.41, 5.74) is 0. The van der Waals surface area contributed by atoms with E-state index < -0.39 is 0 Å². The summed E-state index contributed by atoms with van der Waals surface area (Å²) in [6.45, 7) is 6.82. The van der Waals surface area contributed by atoms with Crippen molar-refractivity contribution in [1.82, 2.24) is 20.1 Å². The molecule has 2 aromatic rings. The van der Waals surface area contributed by atoms with Gasteiger partial charge in [0.2, 0.25) is 5.91 Å². The van der Waals surface area contributed by atoms with Crippen molar-refractivity contribution in [2.45, 2.75) is 50.1 Å². The SMILES string of the molecule is CC(C)CNC(=O)C(C)Sc1nnc(-c2cccs2)n1C1CC1. The summed E-state index contributed by atoms with van der Waals surface area (Å²) < 4.78 is 2.21. The number of thiophene rings is 1. The number of nitrogens with one attached hydrogen (secondary N) is 1. The zero-order valence-electron chi connectivity index (χ0n) is 13.7. The van der Waals surface area contributed by atoms with Gasteiger partial charge in [0.25, 0.3) is 0 Å². The number of aromatic nitrogens is 3. The van der Waals surface area contributed by atoms with Crippen LogP contribution in [-0.4, -0.2) is 32.5 Å². The highest BCUT2D eigenvalue weighted by molar-refractivity contribution is 8.00. The molecule has 23 heavy (non-hydrogen) atoms.